The number of esters is 1. The molecular formula is C21H24N2O3. The van der Waals surface area contributed by atoms with Gasteiger partial charge in [0.05, 0.1) is 11.6 Å². The van der Waals surface area contributed by atoms with Crippen LogP contribution in [-0.2, 0) is 16.0 Å². The molecule has 5 nitrogen and oxygen atoms in total. The van der Waals surface area contributed by atoms with Crippen molar-refractivity contribution >= 4 is 11.9 Å². The van der Waals surface area contributed by atoms with Crippen LogP contribution in [0.15, 0.2) is 54.6 Å². The van der Waals surface area contributed by atoms with Crippen molar-refractivity contribution < 1.29 is 14.3 Å². The average Bonchev–Trinajstić information content (AvgIpc) is 2.62. The molecule has 0 aliphatic carbocycles. The highest BCUT2D eigenvalue weighted by Crippen LogP contribution is 2.28. The number of hydrogen-bond donors (Lipinski definition) is 1. The van der Waals surface area contributed by atoms with Crippen molar-refractivity contribution in [3.8, 4) is 0 Å². The van der Waals surface area contributed by atoms with Gasteiger partial charge in [0.2, 0.25) is 0 Å². The topological polar surface area (TPSA) is 58.6 Å². The van der Waals surface area contributed by atoms with Gasteiger partial charge in [-0.05, 0) is 38.2 Å². The van der Waals surface area contributed by atoms with Crippen LogP contribution in [0, 0.1) is 0 Å². The summed E-state index contributed by atoms with van der Waals surface area (Å²) in [7, 11) is 3.95. The SMILES string of the molecule is CN(C)C(CNC(=O)C1(C)Cc2ccccc2C(=O)O1)c1ccccc1. The first kappa shape index (κ1) is 18.1. The Morgan fingerprint density at radius 1 is 1.15 bits per heavy atom. The number of amides is 1. The third-order valence-corrected chi connectivity index (χ3v) is 4.83. The summed E-state index contributed by atoms with van der Waals surface area (Å²) >= 11 is 0. The van der Waals surface area contributed by atoms with Crippen LogP contribution >= 0.6 is 0 Å². The van der Waals surface area contributed by atoms with Gasteiger partial charge >= 0.3 is 5.97 Å². The number of nitrogens with zero attached hydrogens (tertiary/aromatic N) is 1. The van der Waals surface area contributed by atoms with E-state index in [1.54, 1.807) is 19.1 Å². The fourth-order valence-corrected chi connectivity index (χ4v) is 3.31. The van der Waals surface area contributed by atoms with Gasteiger partial charge in [0.25, 0.3) is 5.91 Å². The molecule has 0 saturated heterocycles. The number of benzene rings is 2. The number of carbonyl (C=O) groups is 2. The lowest BCUT2D eigenvalue weighted by atomic mass is 9.89. The third-order valence-electron chi connectivity index (χ3n) is 4.83. The predicted molar refractivity (Wildman–Crippen MR) is 99.8 cm³/mol. The van der Waals surface area contributed by atoms with Gasteiger partial charge in [-0.25, -0.2) is 4.79 Å². The van der Waals surface area contributed by atoms with E-state index in [0.29, 0.717) is 18.5 Å². The van der Waals surface area contributed by atoms with Gasteiger partial charge in [0, 0.05) is 13.0 Å². The number of carbonyl (C=O) groups excluding carboxylic acids is 2. The number of fused-ring (bicyclic) bond motifs is 1. The van der Waals surface area contributed by atoms with Gasteiger partial charge in [0.15, 0.2) is 5.60 Å². The molecule has 0 radical (unpaired) electrons. The van der Waals surface area contributed by atoms with Crippen LogP contribution in [0.5, 0.6) is 0 Å². The summed E-state index contributed by atoms with van der Waals surface area (Å²) in [5.74, 6) is -0.722. The highest BCUT2D eigenvalue weighted by atomic mass is 16.6. The molecular weight excluding hydrogens is 328 g/mol. The Morgan fingerprint density at radius 3 is 2.50 bits per heavy atom. The smallest absolute Gasteiger partial charge is 0.339 e. The maximum absolute atomic E-state index is 12.8. The van der Waals surface area contributed by atoms with Crippen molar-refractivity contribution in [3.63, 3.8) is 0 Å². The maximum Gasteiger partial charge on any atom is 0.339 e. The third kappa shape index (κ3) is 3.63. The molecule has 0 bridgehead atoms. The summed E-state index contributed by atoms with van der Waals surface area (Å²) in [4.78, 5) is 27.1. The van der Waals surface area contributed by atoms with Crippen LogP contribution in [0.3, 0.4) is 0 Å². The van der Waals surface area contributed by atoms with Crippen LogP contribution in [0.2, 0.25) is 0 Å². The van der Waals surface area contributed by atoms with Crippen molar-refractivity contribution in [2.45, 2.75) is 25.0 Å². The maximum atomic E-state index is 12.8. The molecule has 3 rings (SSSR count). The molecule has 2 aromatic carbocycles. The zero-order valence-corrected chi connectivity index (χ0v) is 15.4. The van der Waals surface area contributed by atoms with Gasteiger partial charge in [0.1, 0.15) is 0 Å². The molecule has 2 aromatic rings. The van der Waals surface area contributed by atoms with Gasteiger partial charge < -0.3 is 15.0 Å². The molecule has 0 spiro atoms. The first-order chi connectivity index (χ1) is 12.4. The fraction of sp³-hybridized carbons (Fsp3) is 0.333. The van der Waals surface area contributed by atoms with Crippen LogP contribution in [-0.4, -0.2) is 43.0 Å². The van der Waals surface area contributed by atoms with E-state index in [1.807, 2.05) is 56.6 Å². The zero-order valence-electron chi connectivity index (χ0n) is 15.4. The first-order valence-electron chi connectivity index (χ1n) is 8.71. The molecule has 1 aliphatic rings. The Morgan fingerprint density at radius 2 is 1.81 bits per heavy atom. The monoisotopic (exact) mass is 352 g/mol. The molecule has 2 unspecified atom stereocenters. The van der Waals surface area contributed by atoms with Crippen LogP contribution < -0.4 is 5.32 Å². The standard InChI is InChI=1S/C21H24N2O3/c1-21(13-16-11-7-8-12-17(16)19(24)26-21)20(25)22-14-18(23(2)3)15-9-5-4-6-10-15/h4-12,18H,13-14H2,1-3H3,(H,22,25). The van der Waals surface area contributed by atoms with Crippen LogP contribution in [0.4, 0.5) is 0 Å². The lowest BCUT2D eigenvalue weighted by molar-refractivity contribution is -0.140. The van der Waals surface area contributed by atoms with Crippen molar-refractivity contribution in [3.05, 3.63) is 71.3 Å². The van der Waals surface area contributed by atoms with Crippen molar-refractivity contribution in [1.29, 1.82) is 0 Å². The fourth-order valence-electron chi connectivity index (χ4n) is 3.31. The Hall–Kier alpha value is -2.66. The molecule has 0 saturated carbocycles. The summed E-state index contributed by atoms with van der Waals surface area (Å²) in [6, 6.07) is 17.3. The summed E-state index contributed by atoms with van der Waals surface area (Å²) < 4.78 is 5.50. The Balaban J connectivity index is 1.72. The molecule has 1 aliphatic heterocycles. The molecule has 1 heterocycles. The Labute approximate surface area is 154 Å². The quantitative estimate of drug-likeness (QED) is 0.841. The van der Waals surface area contributed by atoms with Crippen molar-refractivity contribution in [2.75, 3.05) is 20.6 Å². The predicted octanol–water partition coefficient (Wildman–Crippen LogP) is 2.58. The second kappa shape index (κ2) is 7.30. The molecule has 5 heteroatoms. The summed E-state index contributed by atoms with van der Waals surface area (Å²) in [6.07, 6.45) is 0.374. The molecule has 0 aromatic heterocycles. The molecule has 1 N–H and O–H groups in total. The summed E-state index contributed by atoms with van der Waals surface area (Å²) in [5, 5.41) is 2.97. The molecule has 136 valence electrons. The minimum Gasteiger partial charge on any atom is -0.445 e. The van der Waals surface area contributed by atoms with Gasteiger partial charge in [-0.3, -0.25) is 4.79 Å². The van der Waals surface area contributed by atoms with E-state index in [1.165, 1.54) is 0 Å². The summed E-state index contributed by atoms with van der Waals surface area (Å²) in [6.45, 7) is 2.11. The van der Waals surface area contributed by atoms with Gasteiger partial charge in [-0.15, -0.1) is 0 Å². The number of hydrogen-bond acceptors (Lipinski definition) is 4. The molecule has 1 amide bonds. The second-order valence-corrected chi connectivity index (χ2v) is 7.05. The lowest BCUT2D eigenvalue weighted by Crippen LogP contribution is -2.52. The number of ether oxygens (including phenoxy) is 1. The van der Waals surface area contributed by atoms with E-state index in [-0.39, 0.29) is 11.9 Å². The highest BCUT2D eigenvalue weighted by molar-refractivity contribution is 5.97. The number of nitrogens with one attached hydrogen (secondary N) is 1. The van der Waals surface area contributed by atoms with E-state index in [2.05, 4.69) is 10.2 Å². The Bertz CT molecular complexity index is 804. The average molecular weight is 352 g/mol. The number of likely N-dealkylation sites (N-methyl/N-ethyl adjacent to an activating group) is 1. The van der Waals surface area contributed by atoms with Gasteiger partial charge in [-0.2, -0.15) is 0 Å². The minimum atomic E-state index is -1.20. The largest absolute Gasteiger partial charge is 0.445 e. The minimum absolute atomic E-state index is 0.0373. The summed E-state index contributed by atoms with van der Waals surface area (Å²) in [5.41, 5.74) is 1.30. The zero-order chi connectivity index (χ0) is 18.7. The molecule has 2 atom stereocenters. The van der Waals surface area contributed by atoms with Crippen LogP contribution in [0.25, 0.3) is 0 Å². The molecule has 26 heavy (non-hydrogen) atoms. The molecule has 0 fully saturated rings. The normalized spacial score (nSPS) is 20.2. The van der Waals surface area contributed by atoms with E-state index < -0.39 is 11.6 Å². The van der Waals surface area contributed by atoms with E-state index in [4.69, 9.17) is 4.74 Å². The van der Waals surface area contributed by atoms with Crippen molar-refractivity contribution in [1.82, 2.24) is 10.2 Å². The van der Waals surface area contributed by atoms with Crippen LogP contribution in [0.1, 0.15) is 34.5 Å². The van der Waals surface area contributed by atoms with Crippen molar-refractivity contribution in [2.24, 2.45) is 0 Å². The Kier molecular flexibility index (Phi) is 5.09. The first-order valence-corrected chi connectivity index (χ1v) is 8.71. The lowest BCUT2D eigenvalue weighted by Gasteiger charge is -2.34. The van der Waals surface area contributed by atoms with E-state index >= 15 is 0 Å². The number of cyclic esters (lactones) is 1. The van der Waals surface area contributed by atoms with E-state index in [9.17, 15) is 9.59 Å². The number of rotatable bonds is 5. The second-order valence-electron chi connectivity index (χ2n) is 7.05. The van der Waals surface area contributed by atoms with Gasteiger partial charge in [-0.1, -0.05) is 48.5 Å². The highest BCUT2D eigenvalue weighted by Gasteiger charge is 2.42. The van der Waals surface area contributed by atoms with E-state index in [0.717, 1.165) is 11.1 Å².